The monoisotopic (exact) mass is 314 g/mol. The molecular weight excluding hydrogens is 292 g/mol. The third-order valence-electron chi connectivity index (χ3n) is 3.59. The van der Waals surface area contributed by atoms with Crippen molar-refractivity contribution in [1.82, 2.24) is 14.8 Å². The number of hydrogen-bond donors (Lipinski definition) is 1. The molecule has 1 amide bonds. The Kier molecular flexibility index (Phi) is 5.26. The van der Waals surface area contributed by atoms with Gasteiger partial charge in [-0.05, 0) is 44.9 Å². The molecule has 23 heavy (non-hydrogen) atoms. The molecule has 6 heteroatoms. The summed E-state index contributed by atoms with van der Waals surface area (Å²) < 4.78 is 1.34. The molecule has 0 aliphatic heterocycles. The zero-order chi connectivity index (χ0) is 17.0. The van der Waals surface area contributed by atoms with E-state index in [1.165, 1.54) is 16.8 Å². The van der Waals surface area contributed by atoms with Crippen LogP contribution in [0.3, 0.4) is 0 Å². The lowest BCUT2D eigenvalue weighted by Gasteiger charge is -2.12. The summed E-state index contributed by atoms with van der Waals surface area (Å²) in [5.74, 6) is -0.341. The van der Waals surface area contributed by atoms with E-state index in [1.807, 2.05) is 33.8 Å². The maximum Gasteiger partial charge on any atom is 0.276 e. The SMILES string of the molecule is CCCCn1nc(C(=O)Nc2c(C)cc(C)nc2C)ccc1=O. The molecule has 2 aromatic heterocycles. The molecule has 2 aromatic rings. The highest BCUT2D eigenvalue weighted by Gasteiger charge is 2.13. The van der Waals surface area contributed by atoms with Crippen molar-refractivity contribution in [2.24, 2.45) is 0 Å². The average Bonchev–Trinajstić information content (AvgIpc) is 2.49. The maximum absolute atomic E-state index is 12.4. The zero-order valence-corrected chi connectivity index (χ0v) is 14.0. The molecule has 0 atom stereocenters. The number of pyridine rings is 1. The van der Waals surface area contributed by atoms with Crippen LogP contribution in [0.4, 0.5) is 5.69 Å². The van der Waals surface area contributed by atoms with E-state index in [0.717, 1.165) is 29.8 Å². The first-order valence-corrected chi connectivity index (χ1v) is 7.76. The highest BCUT2D eigenvalue weighted by Crippen LogP contribution is 2.19. The minimum absolute atomic E-state index is 0.195. The molecule has 0 unspecified atom stereocenters. The van der Waals surface area contributed by atoms with Crippen LogP contribution >= 0.6 is 0 Å². The number of rotatable bonds is 5. The van der Waals surface area contributed by atoms with E-state index >= 15 is 0 Å². The Bertz CT molecular complexity index is 757. The number of carbonyl (C=O) groups is 1. The van der Waals surface area contributed by atoms with Crippen LogP contribution in [0.15, 0.2) is 23.0 Å². The van der Waals surface area contributed by atoms with Gasteiger partial charge in [0, 0.05) is 18.3 Å². The second kappa shape index (κ2) is 7.17. The van der Waals surface area contributed by atoms with Gasteiger partial charge in [0.2, 0.25) is 0 Å². The highest BCUT2D eigenvalue weighted by atomic mass is 16.2. The van der Waals surface area contributed by atoms with Gasteiger partial charge in [-0.1, -0.05) is 13.3 Å². The normalized spacial score (nSPS) is 10.6. The van der Waals surface area contributed by atoms with Crippen LogP contribution in [0.5, 0.6) is 0 Å². The molecular formula is C17H22N4O2. The van der Waals surface area contributed by atoms with Crippen molar-refractivity contribution in [2.75, 3.05) is 5.32 Å². The molecule has 0 aliphatic carbocycles. The van der Waals surface area contributed by atoms with Gasteiger partial charge in [0.15, 0.2) is 0 Å². The Morgan fingerprint density at radius 3 is 2.65 bits per heavy atom. The zero-order valence-electron chi connectivity index (χ0n) is 14.0. The van der Waals surface area contributed by atoms with Crippen LogP contribution < -0.4 is 10.9 Å². The summed E-state index contributed by atoms with van der Waals surface area (Å²) in [6.07, 6.45) is 1.80. The molecule has 2 rings (SSSR count). The van der Waals surface area contributed by atoms with Gasteiger partial charge in [-0.15, -0.1) is 0 Å². The summed E-state index contributed by atoms with van der Waals surface area (Å²) >= 11 is 0. The lowest BCUT2D eigenvalue weighted by Crippen LogP contribution is -2.26. The Morgan fingerprint density at radius 2 is 2.00 bits per heavy atom. The number of amides is 1. The summed E-state index contributed by atoms with van der Waals surface area (Å²) in [5.41, 5.74) is 3.33. The van der Waals surface area contributed by atoms with Crippen LogP contribution in [0.25, 0.3) is 0 Å². The fourth-order valence-corrected chi connectivity index (χ4v) is 2.43. The Hall–Kier alpha value is -2.50. The maximum atomic E-state index is 12.4. The van der Waals surface area contributed by atoms with Gasteiger partial charge in [-0.2, -0.15) is 5.10 Å². The smallest absolute Gasteiger partial charge is 0.276 e. The number of nitrogens with zero attached hydrogens (tertiary/aromatic N) is 3. The number of carbonyl (C=O) groups excluding carboxylic acids is 1. The molecule has 0 fully saturated rings. The predicted octanol–water partition coefficient (Wildman–Crippen LogP) is 2.62. The Labute approximate surface area is 135 Å². The van der Waals surface area contributed by atoms with Gasteiger partial charge >= 0.3 is 0 Å². The fourth-order valence-electron chi connectivity index (χ4n) is 2.43. The first-order chi connectivity index (χ1) is 10.9. The van der Waals surface area contributed by atoms with E-state index in [0.29, 0.717) is 12.2 Å². The molecule has 0 saturated heterocycles. The van der Waals surface area contributed by atoms with Gasteiger partial charge < -0.3 is 5.32 Å². The summed E-state index contributed by atoms with van der Waals surface area (Å²) in [7, 11) is 0. The van der Waals surface area contributed by atoms with Crippen LogP contribution in [-0.2, 0) is 6.54 Å². The van der Waals surface area contributed by atoms with Gasteiger partial charge in [0.05, 0.1) is 11.4 Å². The molecule has 0 spiro atoms. The summed E-state index contributed by atoms with van der Waals surface area (Å²) in [4.78, 5) is 28.5. The number of aromatic nitrogens is 3. The molecule has 0 aromatic carbocycles. The molecule has 0 bridgehead atoms. The van der Waals surface area contributed by atoms with Gasteiger partial charge in [0.25, 0.3) is 11.5 Å². The fraction of sp³-hybridized carbons (Fsp3) is 0.412. The second-order valence-corrected chi connectivity index (χ2v) is 5.63. The van der Waals surface area contributed by atoms with Crippen molar-refractivity contribution in [3.05, 3.63) is 51.2 Å². The van der Waals surface area contributed by atoms with Gasteiger partial charge in [0.1, 0.15) is 5.69 Å². The lowest BCUT2D eigenvalue weighted by molar-refractivity contribution is 0.101. The van der Waals surface area contributed by atoms with E-state index in [4.69, 9.17) is 0 Å². The summed E-state index contributed by atoms with van der Waals surface area (Å²) in [5, 5.41) is 7.00. The van der Waals surface area contributed by atoms with Crippen molar-refractivity contribution in [1.29, 1.82) is 0 Å². The van der Waals surface area contributed by atoms with Crippen molar-refractivity contribution in [2.45, 2.75) is 47.1 Å². The average molecular weight is 314 g/mol. The van der Waals surface area contributed by atoms with Crippen LogP contribution in [0.2, 0.25) is 0 Å². The first-order valence-electron chi connectivity index (χ1n) is 7.76. The van der Waals surface area contributed by atoms with Crippen molar-refractivity contribution >= 4 is 11.6 Å². The summed E-state index contributed by atoms with van der Waals surface area (Å²) in [6, 6.07) is 4.75. The minimum Gasteiger partial charge on any atom is -0.319 e. The number of anilines is 1. The van der Waals surface area contributed by atoms with Crippen LogP contribution in [0, 0.1) is 20.8 Å². The largest absolute Gasteiger partial charge is 0.319 e. The number of hydrogen-bond acceptors (Lipinski definition) is 4. The van der Waals surface area contributed by atoms with Gasteiger partial charge in [-0.25, -0.2) is 4.68 Å². The van der Waals surface area contributed by atoms with Crippen molar-refractivity contribution in [3.8, 4) is 0 Å². The lowest BCUT2D eigenvalue weighted by atomic mass is 10.1. The first kappa shape index (κ1) is 16.9. The minimum atomic E-state index is -0.341. The van der Waals surface area contributed by atoms with E-state index in [1.54, 1.807) is 0 Å². The molecule has 0 aliphatic rings. The van der Waals surface area contributed by atoms with Crippen LogP contribution in [0.1, 0.15) is 47.2 Å². The van der Waals surface area contributed by atoms with Crippen molar-refractivity contribution < 1.29 is 4.79 Å². The number of unbranched alkanes of at least 4 members (excludes halogenated alkanes) is 1. The molecule has 1 N–H and O–H groups in total. The van der Waals surface area contributed by atoms with E-state index in [9.17, 15) is 9.59 Å². The Balaban J connectivity index is 2.26. The second-order valence-electron chi connectivity index (χ2n) is 5.63. The third kappa shape index (κ3) is 4.03. The van der Waals surface area contributed by atoms with E-state index in [-0.39, 0.29) is 17.2 Å². The number of aryl methyl sites for hydroxylation is 4. The topological polar surface area (TPSA) is 76.9 Å². The quantitative estimate of drug-likeness (QED) is 0.920. The van der Waals surface area contributed by atoms with Crippen LogP contribution in [-0.4, -0.2) is 20.7 Å². The highest BCUT2D eigenvalue weighted by molar-refractivity contribution is 6.03. The van der Waals surface area contributed by atoms with E-state index < -0.39 is 0 Å². The van der Waals surface area contributed by atoms with E-state index in [2.05, 4.69) is 15.4 Å². The molecule has 122 valence electrons. The molecule has 0 radical (unpaired) electrons. The third-order valence-corrected chi connectivity index (χ3v) is 3.59. The Morgan fingerprint density at radius 1 is 1.26 bits per heavy atom. The predicted molar refractivity (Wildman–Crippen MR) is 89.8 cm³/mol. The number of nitrogens with one attached hydrogen (secondary N) is 1. The standard InChI is InChI=1S/C17H22N4O2/c1-5-6-9-21-15(22)8-7-14(20-21)17(23)19-16-11(2)10-12(3)18-13(16)4/h7-8,10H,5-6,9H2,1-4H3,(H,19,23). The van der Waals surface area contributed by atoms with Gasteiger partial charge in [-0.3, -0.25) is 14.6 Å². The molecule has 2 heterocycles. The molecule has 0 saturated carbocycles. The summed E-state index contributed by atoms with van der Waals surface area (Å²) in [6.45, 7) is 8.24. The van der Waals surface area contributed by atoms with Crippen molar-refractivity contribution in [3.63, 3.8) is 0 Å². The molecule has 6 nitrogen and oxygen atoms in total.